The van der Waals surface area contributed by atoms with E-state index in [0.717, 1.165) is 50.2 Å². The monoisotopic (exact) mass is 276 g/mol. The van der Waals surface area contributed by atoms with Gasteiger partial charge in [-0.25, -0.2) is 0 Å². The number of hydrogen-bond acceptors (Lipinski definition) is 4. The second kappa shape index (κ2) is 7.24. The fourth-order valence-electron chi connectivity index (χ4n) is 2.65. The van der Waals surface area contributed by atoms with Crippen LogP contribution in [0.25, 0.3) is 0 Å². The van der Waals surface area contributed by atoms with Crippen molar-refractivity contribution in [2.75, 3.05) is 18.4 Å². The molecule has 1 amide bonds. The molecule has 5 nitrogen and oxygen atoms in total. The van der Waals surface area contributed by atoms with Gasteiger partial charge in [-0.3, -0.25) is 14.7 Å². The molecule has 1 fully saturated rings. The van der Waals surface area contributed by atoms with Crippen molar-refractivity contribution in [2.24, 2.45) is 5.73 Å². The van der Waals surface area contributed by atoms with Gasteiger partial charge in [-0.15, -0.1) is 0 Å². The van der Waals surface area contributed by atoms with E-state index in [-0.39, 0.29) is 11.9 Å². The predicted molar refractivity (Wildman–Crippen MR) is 80.3 cm³/mol. The van der Waals surface area contributed by atoms with Crippen LogP contribution in [-0.4, -0.2) is 34.9 Å². The summed E-state index contributed by atoms with van der Waals surface area (Å²) in [6.07, 6.45) is 5.97. The molecular weight excluding hydrogens is 252 g/mol. The lowest BCUT2D eigenvalue weighted by Crippen LogP contribution is -2.47. The summed E-state index contributed by atoms with van der Waals surface area (Å²) in [6, 6.07) is 3.89. The quantitative estimate of drug-likeness (QED) is 0.830. The average Bonchev–Trinajstić information content (AvgIpc) is 2.46. The number of nitrogens with two attached hydrogens (primary N) is 1. The van der Waals surface area contributed by atoms with Crippen LogP contribution in [0.3, 0.4) is 0 Å². The summed E-state index contributed by atoms with van der Waals surface area (Å²) in [5, 5.41) is 3.36. The fourth-order valence-corrected chi connectivity index (χ4v) is 2.65. The minimum absolute atomic E-state index is 0.141. The first-order valence-electron chi connectivity index (χ1n) is 7.43. The largest absolute Gasteiger partial charge is 0.385 e. The molecule has 1 aromatic heterocycles. The number of carbonyl (C=O) groups excluding carboxylic acids is 1. The van der Waals surface area contributed by atoms with Crippen molar-refractivity contribution in [1.82, 2.24) is 9.88 Å². The maximum Gasteiger partial charge on any atom is 0.234 e. The standard InChI is InChI=1S/C15H24N4O/c1-2-7-17-12-6-8-18-13(10-12)11-19-9-4-3-5-14(19)15(16)20/h6,8,10,14H,2-5,7,9,11H2,1H3,(H2,16,20)(H,17,18). The Balaban J connectivity index is 2.02. The Bertz CT molecular complexity index is 449. The first kappa shape index (κ1) is 14.8. The molecule has 0 spiro atoms. The summed E-state index contributed by atoms with van der Waals surface area (Å²) < 4.78 is 0. The molecule has 1 unspecified atom stereocenters. The first-order valence-corrected chi connectivity index (χ1v) is 7.43. The number of amides is 1. The van der Waals surface area contributed by atoms with Crippen LogP contribution in [0.1, 0.15) is 38.3 Å². The molecule has 1 saturated heterocycles. The summed E-state index contributed by atoms with van der Waals surface area (Å²) in [7, 11) is 0. The number of piperidine rings is 1. The van der Waals surface area contributed by atoms with Gasteiger partial charge in [0.25, 0.3) is 0 Å². The molecule has 0 saturated carbocycles. The third-order valence-electron chi connectivity index (χ3n) is 3.70. The minimum atomic E-state index is -0.218. The summed E-state index contributed by atoms with van der Waals surface area (Å²) in [6.45, 7) is 4.70. The molecule has 0 aliphatic carbocycles. The molecule has 1 aliphatic rings. The van der Waals surface area contributed by atoms with Crippen LogP contribution in [-0.2, 0) is 11.3 Å². The molecule has 1 atom stereocenters. The number of rotatable bonds is 6. The lowest BCUT2D eigenvalue weighted by molar-refractivity contribution is -0.124. The number of hydrogen-bond donors (Lipinski definition) is 2. The van der Waals surface area contributed by atoms with E-state index in [1.165, 1.54) is 0 Å². The molecule has 20 heavy (non-hydrogen) atoms. The van der Waals surface area contributed by atoms with Crippen LogP contribution < -0.4 is 11.1 Å². The van der Waals surface area contributed by atoms with Crippen molar-refractivity contribution >= 4 is 11.6 Å². The zero-order valence-corrected chi connectivity index (χ0v) is 12.1. The Hall–Kier alpha value is -1.62. The van der Waals surface area contributed by atoms with E-state index in [4.69, 9.17) is 5.73 Å². The van der Waals surface area contributed by atoms with Gasteiger partial charge < -0.3 is 11.1 Å². The zero-order valence-electron chi connectivity index (χ0n) is 12.1. The lowest BCUT2D eigenvalue weighted by atomic mass is 10.0. The maximum absolute atomic E-state index is 11.5. The van der Waals surface area contributed by atoms with Gasteiger partial charge in [0.05, 0.1) is 11.7 Å². The molecule has 0 bridgehead atoms. The van der Waals surface area contributed by atoms with Gasteiger partial charge in [0, 0.05) is 25.0 Å². The number of pyridine rings is 1. The number of likely N-dealkylation sites (tertiary alicyclic amines) is 1. The third kappa shape index (κ3) is 3.93. The molecule has 0 aromatic carbocycles. The number of nitrogens with zero attached hydrogens (tertiary/aromatic N) is 2. The molecule has 0 radical (unpaired) electrons. The number of carbonyl (C=O) groups is 1. The lowest BCUT2D eigenvalue weighted by Gasteiger charge is -2.33. The van der Waals surface area contributed by atoms with Crippen molar-refractivity contribution < 1.29 is 4.79 Å². The topological polar surface area (TPSA) is 71.2 Å². The van der Waals surface area contributed by atoms with Crippen LogP contribution >= 0.6 is 0 Å². The van der Waals surface area contributed by atoms with E-state index in [1.54, 1.807) is 0 Å². The minimum Gasteiger partial charge on any atom is -0.385 e. The SMILES string of the molecule is CCCNc1ccnc(CN2CCCCC2C(N)=O)c1. The number of anilines is 1. The summed E-state index contributed by atoms with van der Waals surface area (Å²) in [5.74, 6) is -0.218. The number of primary amides is 1. The fraction of sp³-hybridized carbons (Fsp3) is 0.600. The highest BCUT2D eigenvalue weighted by molar-refractivity contribution is 5.79. The molecule has 110 valence electrons. The zero-order chi connectivity index (χ0) is 14.4. The molecule has 1 aliphatic heterocycles. The molecule has 5 heteroatoms. The van der Waals surface area contributed by atoms with Crippen molar-refractivity contribution in [1.29, 1.82) is 0 Å². The van der Waals surface area contributed by atoms with E-state index < -0.39 is 0 Å². The van der Waals surface area contributed by atoms with Crippen LogP contribution in [0.2, 0.25) is 0 Å². The Morgan fingerprint density at radius 3 is 3.15 bits per heavy atom. The predicted octanol–water partition coefficient (Wildman–Crippen LogP) is 1.74. The number of nitrogens with one attached hydrogen (secondary N) is 1. The van der Waals surface area contributed by atoms with Crippen molar-refractivity contribution in [3.63, 3.8) is 0 Å². The van der Waals surface area contributed by atoms with Gasteiger partial charge >= 0.3 is 0 Å². The van der Waals surface area contributed by atoms with E-state index in [0.29, 0.717) is 6.54 Å². The Morgan fingerprint density at radius 2 is 2.40 bits per heavy atom. The van der Waals surface area contributed by atoms with E-state index >= 15 is 0 Å². The Kier molecular flexibility index (Phi) is 5.35. The van der Waals surface area contributed by atoms with E-state index in [1.807, 2.05) is 12.3 Å². The number of aromatic nitrogens is 1. The normalized spacial score (nSPS) is 19.8. The summed E-state index contributed by atoms with van der Waals surface area (Å²) in [5.41, 5.74) is 7.57. The Morgan fingerprint density at radius 1 is 1.55 bits per heavy atom. The van der Waals surface area contributed by atoms with Crippen molar-refractivity contribution in [3.05, 3.63) is 24.0 Å². The van der Waals surface area contributed by atoms with Gasteiger partial charge in [-0.1, -0.05) is 13.3 Å². The molecular formula is C15H24N4O. The second-order valence-corrected chi connectivity index (χ2v) is 5.35. The highest BCUT2D eigenvalue weighted by atomic mass is 16.1. The summed E-state index contributed by atoms with van der Waals surface area (Å²) >= 11 is 0. The van der Waals surface area contributed by atoms with E-state index in [9.17, 15) is 4.79 Å². The summed E-state index contributed by atoms with van der Waals surface area (Å²) in [4.78, 5) is 18.1. The molecule has 2 heterocycles. The van der Waals surface area contributed by atoms with Crippen LogP contribution in [0, 0.1) is 0 Å². The molecule has 3 N–H and O–H groups in total. The average molecular weight is 276 g/mol. The van der Waals surface area contributed by atoms with Gasteiger partial charge in [0.1, 0.15) is 0 Å². The highest BCUT2D eigenvalue weighted by Gasteiger charge is 2.26. The molecule has 2 rings (SSSR count). The maximum atomic E-state index is 11.5. The van der Waals surface area contributed by atoms with Crippen LogP contribution in [0.4, 0.5) is 5.69 Å². The van der Waals surface area contributed by atoms with Gasteiger partial charge in [-0.05, 0) is 37.9 Å². The third-order valence-corrected chi connectivity index (χ3v) is 3.70. The molecule has 1 aromatic rings. The highest BCUT2D eigenvalue weighted by Crippen LogP contribution is 2.19. The van der Waals surface area contributed by atoms with Gasteiger partial charge in [0.2, 0.25) is 5.91 Å². The smallest absolute Gasteiger partial charge is 0.234 e. The van der Waals surface area contributed by atoms with Crippen molar-refractivity contribution in [2.45, 2.75) is 45.2 Å². The second-order valence-electron chi connectivity index (χ2n) is 5.35. The van der Waals surface area contributed by atoms with Gasteiger partial charge in [-0.2, -0.15) is 0 Å². The van der Waals surface area contributed by atoms with E-state index in [2.05, 4.69) is 28.2 Å². The first-order chi connectivity index (χ1) is 9.70. The van der Waals surface area contributed by atoms with Crippen molar-refractivity contribution in [3.8, 4) is 0 Å². The van der Waals surface area contributed by atoms with Gasteiger partial charge in [0.15, 0.2) is 0 Å². The Labute approximate surface area is 120 Å². The van der Waals surface area contributed by atoms with Crippen LogP contribution in [0.15, 0.2) is 18.3 Å². The van der Waals surface area contributed by atoms with Crippen LogP contribution in [0.5, 0.6) is 0 Å².